The van der Waals surface area contributed by atoms with Gasteiger partial charge in [-0.25, -0.2) is 0 Å². The minimum absolute atomic E-state index is 0.0712. The lowest BCUT2D eigenvalue weighted by atomic mass is 9.95. The number of hydrogen-bond acceptors (Lipinski definition) is 3. The van der Waals surface area contributed by atoms with E-state index in [-0.39, 0.29) is 17.7 Å². The smallest absolute Gasteiger partial charge is 0.238 e. The van der Waals surface area contributed by atoms with E-state index in [1.165, 1.54) is 0 Å². The molecule has 1 N–H and O–H groups in total. The normalized spacial score (nSPS) is 15.7. The van der Waals surface area contributed by atoms with Crippen LogP contribution in [0.4, 0.5) is 5.69 Å². The molecule has 5 nitrogen and oxygen atoms in total. The van der Waals surface area contributed by atoms with Crippen LogP contribution in [0, 0.1) is 5.92 Å². The molecule has 1 aromatic rings. The SMILES string of the molecule is CCCCN(C)C(=O)C1CCN(CC(=O)Nc2ccc(Cl)cc2Cl)CC1. The van der Waals surface area contributed by atoms with E-state index in [1.54, 1.807) is 18.2 Å². The molecule has 1 aliphatic heterocycles. The number of likely N-dealkylation sites (tertiary alicyclic amines) is 1. The van der Waals surface area contributed by atoms with Gasteiger partial charge >= 0.3 is 0 Å². The number of unbranched alkanes of at least 4 members (excludes halogenated alkanes) is 1. The molecule has 2 amide bonds. The van der Waals surface area contributed by atoms with Gasteiger partial charge in [-0.3, -0.25) is 14.5 Å². The van der Waals surface area contributed by atoms with Crippen LogP contribution < -0.4 is 5.32 Å². The van der Waals surface area contributed by atoms with Gasteiger partial charge < -0.3 is 10.2 Å². The maximum atomic E-state index is 12.4. The van der Waals surface area contributed by atoms with Gasteiger partial charge in [0.1, 0.15) is 0 Å². The van der Waals surface area contributed by atoms with Crippen molar-refractivity contribution in [1.29, 1.82) is 0 Å². The second kappa shape index (κ2) is 10.1. The van der Waals surface area contributed by atoms with Crippen LogP contribution in [0.15, 0.2) is 18.2 Å². The first-order valence-electron chi connectivity index (χ1n) is 9.13. The third-order valence-corrected chi connectivity index (χ3v) is 5.28. The molecule has 26 heavy (non-hydrogen) atoms. The summed E-state index contributed by atoms with van der Waals surface area (Å²) in [6.07, 6.45) is 3.71. The van der Waals surface area contributed by atoms with E-state index in [1.807, 2.05) is 11.9 Å². The molecule has 1 heterocycles. The molecular weight excluding hydrogens is 373 g/mol. The summed E-state index contributed by atoms with van der Waals surface area (Å²) in [4.78, 5) is 28.6. The van der Waals surface area contributed by atoms with Gasteiger partial charge in [-0.05, 0) is 50.6 Å². The van der Waals surface area contributed by atoms with Crippen LogP contribution in [-0.2, 0) is 9.59 Å². The van der Waals surface area contributed by atoms with E-state index in [4.69, 9.17) is 23.2 Å². The minimum atomic E-state index is -0.112. The Kier molecular flexibility index (Phi) is 8.19. The molecule has 0 unspecified atom stereocenters. The number of nitrogens with zero attached hydrogens (tertiary/aromatic N) is 2. The lowest BCUT2D eigenvalue weighted by molar-refractivity contribution is -0.135. The largest absolute Gasteiger partial charge is 0.346 e. The number of nitrogens with one attached hydrogen (secondary N) is 1. The average molecular weight is 400 g/mol. The van der Waals surface area contributed by atoms with Crippen molar-refractivity contribution in [2.24, 2.45) is 5.92 Å². The average Bonchev–Trinajstić information content (AvgIpc) is 2.62. The first-order valence-corrected chi connectivity index (χ1v) is 9.88. The molecule has 0 spiro atoms. The zero-order valence-corrected chi connectivity index (χ0v) is 16.9. The molecule has 0 saturated carbocycles. The van der Waals surface area contributed by atoms with Crippen LogP contribution in [0.2, 0.25) is 10.0 Å². The van der Waals surface area contributed by atoms with Gasteiger partial charge in [-0.2, -0.15) is 0 Å². The fourth-order valence-electron chi connectivity index (χ4n) is 3.14. The molecule has 0 aliphatic carbocycles. The van der Waals surface area contributed by atoms with Crippen molar-refractivity contribution in [2.75, 3.05) is 38.5 Å². The molecule has 2 rings (SSSR count). The molecule has 0 aromatic heterocycles. The second-order valence-corrected chi connectivity index (χ2v) is 7.68. The number of carbonyl (C=O) groups excluding carboxylic acids is 2. The Labute approximate surface area is 165 Å². The Hall–Kier alpha value is -1.30. The Morgan fingerprint density at radius 3 is 2.58 bits per heavy atom. The fraction of sp³-hybridized carbons (Fsp3) is 0.579. The topological polar surface area (TPSA) is 52.7 Å². The van der Waals surface area contributed by atoms with Crippen LogP contribution in [0.3, 0.4) is 0 Å². The number of rotatable bonds is 7. The summed E-state index contributed by atoms with van der Waals surface area (Å²) in [7, 11) is 1.88. The molecular formula is C19H27Cl2N3O2. The zero-order valence-electron chi connectivity index (χ0n) is 15.4. The van der Waals surface area contributed by atoms with Gasteiger partial charge in [-0.1, -0.05) is 36.5 Å². The maximum Gasteiger partial charge on any atom is 0.238 e. The number of carbonyl (C=O) groups is 2. The van der Waals surface area contributed by atoms with Crippen LogP contribution in [0.5, 0.6) is 0 Å². The maximum absolute atomic E-state index is 12.4. The summed E-state index contributed by atoms with van der Waals surface area (Å²) in [6, 6.07) is 4.99. The third kappa shape index (κ3) is 6.15. The van der Waals surface area contributed by atoms with Gasteiger partial charge in [0.2, 0.25) is 11.8 Å². The summed E-state index contributed by atoms with van der Waals surface area (Å²) < 4.78 is 0. The number of amides is 2. The lowest BCUT2D eigenvalue weighted by Crippen LogP contribution is -2.43. The van der Waals surface area contributed by atoms with Crippen molar-refractivity contribution >= 4 is 40.7 Å². The van der Waals surface area contributed by atoms with Crippen LogP contribution >= 0.6 is 23.2 Å². The first-order chi connectivity index (χ1) is 12.4. The van der Waals surface area contributed by atoms with Crippen molar-refractivity contribution < 1.29 is 9.59 Å². The van der Waals surface area contributed by atoms with E-state index < -0.39 is 0 Å². The Balaban J connectivity index is 1.77. The minimum Gasteiger partial charge on any atom is -0.346 e. The second-order valence-electron chi connectivity index (χ2n) is 6.84. The number of halogens is 2. The van der Waals surface area contributed by atoms with Crippen molar-refractivity contribution in [2.45, 2.75) is 32.6 Å². The van der Waals surface area contributed by atoms with Crippen LogP contribution in [0.1, 0.15) is 32.6 Å². The first kappa shape index (κ1) is 21.0. The van der Waals surface area contributed by atoms with Crippen molar-refractivity contribution in [3.05, 3.63) is 28.2 Å². The highest BCUT2D eigenvalue weighted by Gasteiger charge is 2.27. The van der Waals surface area contributed by atoms with E-state index in [9.17, 15) is 9.59 Å². The van der Waals surface area contributed by atoms with Gasteiger partial charge in [0.05, 0.1) is 17.3 Å². The Bertz CT molecular complexity index is 631. The molecule has 7 heteroatoms. The Morgan fingerprint density at radius 2 is 1.96 bits per heavy atom. The summed E-state index contributed by atoms with van der Waals surface area (Å²) in [6.45, 7) is 4.74. The van der Waals surface area contributed by atoms with Gasteiger partial charge in [0.25, 0.3) is 0 Å². The molecule has 1 aromatic carbocycles. The highest BCUT2D eigenvalue weighted by atomic mass is 35.5. The predicted octanol–water partition coefficient (Wildman–Crippen LogP) is 3.90. The molecule has 1 fully saturated rings. The van der Waals surface area contributed by atoms with Crippen molar-refractivity contribution in [3.63, 3.8) is 0 Å². The van der Waals surface area contributed by atoms with Gasteiger partial charge in [0.15, 0.2) is 0 Å². The molecule has 0 radical (unpaired) electrons. The molecule has 144 valence electrons. The highest BCUT2D eigenvalue weighted by Crippen LogP contribution is 2.25. The third-order valence-electron chi connectivity index (χ3n) is 4.73. The molecule has 0 bridgehead atoms. The standard InChI is InChI=1S/C19H27Cl2N3O2/c1-3-4-9-23(2)19(26)14-7-10-24(11-8-14)13-18(25)22-17-6-5-15(20)12-16(17)21/h5-6,12,14H,3-4,7-11,13H2,1-2H3,(H,22,25). The monoisotopic (exact) mass is 399 g/mol. The Morgan fingerprint density at radius 1 is 1.27 bits per heavy atom. The zero-order chi connectivity index (χ0) is 19.1. The van der Waals surface area contributed by atoms with Crippen LogP contribution in [-0.4, -0.2) is 54.8 Å². The van der Waals surface area contributed by atoms with Crippen molar-refractivity contribution in [3.8, 4) is 0 Å². The van der Waals surface area contributed by atoms with E-state index in [0.717, 1.165) is 45.3 Å². The van der Waals surface area contributed by atoms with Gasteiger partial charge in [0, 0.05) is 24.5 Å². The van der Waals surface area contributed by atoms with Crippen LogP contribution in [0.25, 0.3) is 0 Å². The molecule has 1 aliphatic rings. The summed E-state index contributed by atoms with van der Waals surface area (Å²) in [5, 5.41) is 3.77. The lowest BCUT2D eigenvalue weighted by Gasteiger charge is -2.32. The van der Waals surface area contributed by atoms with E-state index in [2.05, 4.69) is 17.1 Å². The summed E-state index contributed by atoms with van der Waals surface area (Å²) in [5.74, 6) is 0.191. The van der Waals surface area contributed by atoms with E-state index >= 15 is 0 Å². The molecule has 1 saturated heterocycles. The van der Waals surface area contributed by atoms with Gasteiger partial charge in [-0.15, -0.1) is 0 Å². The highest BCUT2D eigenvalue weighted by molar-refractivity contribution is 6.36. The molecule has 0 atom stereocenters. The summed E-state index contributed by atoms with van der Waals surface area (Å²) >= 11 is 11.9. The number of hydrogen-bond donors (Lipinski definition) is 1. The predicted molar refractivity (Wildman–Crippen MR) is 107 cm³/mol. The number of anilines is 1. The number of piperidine rings is 1. The van der Waals surface area contributed by atoms with Crippen molar-refractivity contribution in [1.82, 2.24) is 9.80 Å². The van der Waals surface area contributed by atoms with E-state index in [0.29, 0.717) is 22.3 Å². The quantitative estimate of drug-likeness (QED) is 0.755. The summed E-state index contributed by atoms with van der Waals surface area (Å²) in [5.41, 5.74) is 0.559. The number of benzene rings is 1. The fourth-order valence-corrected chi connectivity index (χ4v) is 3.59.